The van der Waals surface area contributed by atoms with Gasteiger partial charge in [-0.25, -0.2) is 4.98 Å². The van der Waals surface area contributed by atoms with Crippen LogP contribution in [0, 0.1) is 0 Å². The summed E-state index contributed by atoms with van der Waals surface area (Å²) in [6.45, 7) is 4.62. The molecule has 0 aliphatic carbocycles. The van der Waals surface area contributed by atoms with E-state index >= 15 is 0 Å². The van der Waals surface area contributed by atoms with E-state index < -0.39 is 0 Å². The van der Waals surface area contributed by atoms with Crippen LogP contribution in [0.1, 0.15) is 30.4 Å². The van der Waals surface area contributed by atoms with Crippen LogP contribution in [0.4, 0.5) is 0 Å². The van der Waals surface area contributed by atoms with Crippen molar-refractivity contribution in [2.75, 3.05) is 19.8 Å². The van der Waals surface area contributed by atoms with Crippen LogP contribution in [0.25, 0.3) is 11.5 Å². The zero-order valence-corrected chi connectivity index (χ0v) is 14.2. The number of morpholine rings is 1. The second-order valence-electron chi connectivity index (χ2n) is 5.97. The van der Waals surface area contributed by atoms with E-state index in [9.17, 15) is 0 Å². The minimum atomic E-state index is -0.0851. The molecule has 132 valence electrons. The summed E-state index contributed by atoms with van der Waals surface area (Å²) in [7, 11) is 1.85. The van der Waals surface area contributed by atoms with Gasteiger partial charge in [0.05, 0.1) is 37.6 Å². The first-order valence-electron chi connectivity index (χ1n) is 8.27. The van der Waals surface area contributed by atoms with Crippen molar-refractivity contribution >= 4 is 0 Å². The molecular weight excluding hydrogens is 324 g/mol. The van der Waals surface area contributed by atoms with Gasteiger partial charge in [0.2, 0.25) is 0 Å². The van der Waals surface area contributed by atoms with Gasteiger partial charge in [0, 0.05) is 26.2 Å². The van der Waals surface area contributed by atoms with E-state index in [1.807, 2.05) is 20.2 Å². The molecule has 1 N–H and O–H groups in total. The van der Waals surface area contributed by atoms with Crippen molar-refractivity contribution in [3.8, 4) is 11.5 Å². The number of nitrogens with zero attached hydrogens (tertiary/aromatic N) is 7. The standard InChI is InChI=1S/C15H20N8O2/c1-3-12-17-13(20-19-12)8-23-4-5-24-9-11(23)14-18-15(25-21-14)10-6-16-22(2)7-10/h6-7,11H,3-5,8-9H2,1-2H3,(H,17,19,20)/t11-/m1/s1. The molecule has 0 bridgehead atoms. The van der Waals surface area contributed by atoms with Crippen LogP contribution < -0.4 is 0 Å². The third-order valence-electron chi connectivity index (χ3n) is 4.18. The van der Waals surface area contributed by atoms with Gasteiger partial charge in [0.1, 0.15) is 11.6 Å². The maximum Gasteiger partial charge on any atom is 0.261 e. The molecule has 1 saturated heterocycles. The second kappa shape index (κ2) is 6.73. The smallest absolute Gasteiger partial charge is 0.261 e. The van der Waals surface area contributed by atoms with E-state index in [0.717, 1.165) is 30.2 Å². The number of nitrogens with one attached hydrogen (secondary N) is 1. The molecule has 1 fully saturated rings. The molecule has 1 atom stereocenters. The van der Waals surface area contributed by atoms with Gasteiger partial charge in [-0.15, -0.1) is 0 Å². The highest BCUT2D eigenvalue weighted by molar-refractivity contribution is 5.49. The third kappa shape index (κ3) is 3.30. The number of aromatic amines is 1. The van der Waals surface area contributed by atoms with Crippen LogP contribution in [0.5, 0.6) is 0 Å². The Kier molecular flexibility index (Phi) is 4.28. The first-order chi connectivity index (χ1) is 12.2. The molecule has 0 radical (unpaired) electrons. The molecule has 1 aliphatic heterocycles. The fourth-order valence-corrected chi connectivity index (χ4v) is 2.84. The lowest BCUT2D eigenvalue weighted by atomic mass is 10.2. The van der Waals surface area contributed by atoms with E-state index in [1.54, 1.807) is 10.9 Å². The zero-order valence-electron chi connectivity index (χ0n) is 14.2. The summed E-state index contributed by atoms with van der Waals surface area (Å²) in [6, 6.07) is -0.0851. The third-order valence-corrected chi connectivity index (χ3v) is 4.18. The number of aryl methyl sites for hydroxylation is 2. The lowest BCUT2D eigenvalue weighted by Crippen LogP contribution is -2.39. The highest BCUT2D eigenvalue weighted by Gasteiger charge is 2.30. The van der Waals surface area contributed by atoms with Crippen molar-refractivity contribution in [2.45, 2.75) is 25.9 Å². The first kappa shape index (κ1) is 15.9. The van der Waals surface area contributed by atoms with E-state index in [2.05, 4.69) is 35.3 Å². The van der Waals surface area contributed by atoms with Gasteiger partial charge in [-0.3, -0.25) is 14.7 Å². The second-order valence-corrected chi connectivity index (χ2v) is 5.97. The highest BCUT2D eigenvalue weighted by Crippen LogP contribution is 2.25. The molecule has 3 aromatic rings. The van der Waals surface area contributed by atoms with Gasteiger partial charge < -0.3 is 9.26 Å². The molecule has 10 heteroatoms. The minimum absolute atomic E-state index is 0.0851. The largest absolute Gasteiger partial charge is 0.378 e. The summed E-state index contributed by atoms with van der Waals surface area (Å²) in [5.74, 6) is 2.72. The highest BCUT2D eigenvalue weighted by atomic mass is 16.5. The lowest BCUT2D eigenvalue weighted by Gasteiger charge is -2.32. The van der Waals surface area contributed by atoms with E-state index in [1.165, 1.54) is 0 Å². The Morgan fingerprint density at radius 2 is 2.28 bits per heavy atom. The predicted molar refractivity (Wildman–Crippen MR) is 86.2 cm³/mol. The molecule has 0 amide bonds. The molecular formula is C15H20N8O2. The van der Waals surface area contributed by atoms with Crippen molar-refractivity contribution in [3.05, 3.63) is 29.9 Å². The zero-order chi connectivity index (χ0) is 17.2. The van der Waals surface area contributed by atoms with Crippen molar-refractivity contribution in [2.24, 2.45) is 7.05 Å². The lowest BCUT2D eigenvalue weighted by molar-refractivity contribution is -0.0177. The predicted octanol–water partition coefficient (Wildman–Crippen LogP) is 0.724. The average Bonchev–Trinajstić information content (AvgIpc) is 3.35. The van der Waals surface area contributed by atoms with Gasteiger partial charge in [-0.05, 0) is 0 Å². The van der Waals surface area contributed by atoms with Crippen LogP contribution in [-0.4, -0.2) is 59.8 Å². The molecule has 0 aromatic carbocycles. The molecule has 10 nitrogen and oxygen atoms in total. The van der Waals surface area contributed by atoms with Crippen LogP contribution >= 0.6 is 0 Å². The van der Waals surface area contributed by atoms with Gasteiger partial charge >= 0.3 is 0 Å². The minimum Gasteiger partial charge on any atom is -0.378 e. The molecule has 0 unspecified atom stereocenters. The Hall–Kier alpha value is -2.59. The van der Waals surface area contributed by atoms with Crippen LogP contribution in [0.15, 0.2) is 16.9 Å². The summed E-state index contributed by atoms with van der Waals surface area (Å²) in [5.41, 5.74) is 0.798. The number of aromatic nitrogens is 7. The number of hydrogen-bond acceptors (Lipinski definition) is 8. The molecule has 4 rings (SSSR count). The summed E-state index contributed by atoms with van der Waals surface area (Å²) >= 11 is 0. The Balaban J connectivity index is 1.53. The fraction of sp³-hybridized carbons (Fsp3) is 0.533. The molecule has 3 aromatic heterocycles. The van der Waals surface area contributed by atoms with Crippen LogP contribution in [-0.2, 0) is 24.8 Å². The number of ether oxygens (including phenoxy) is 1. The summed E-state index contributed by atoms with van der Waals surface area (Å²) in [6.07, 6.45) is 4.35. The molecule has 0 saturated carbocycles. The van der Waals surface area contributed by atoms with Crippen molar-refractivity contribution in [3.63, 3.8) is 0 Å². The number of H-pyrrole nitrogens is 1. The Bertz CT molecular complexity index is 838. The Labute approximate surface area is 144 Å². The Morgan fingerprint density at radius 1 is 1.36 bits per heavy atom. The van der Waals surface area contributed by atoms with Crippen molar-refractivity contribution < 1.29 is 9.26 Å². The van der Waals surface area contributed by atoms with Crippen LogP contribution in [0.3, 0.4) is 0 Å². The topological polar surface area (TPSA) is 111 Å². The van der Waals surface area contributed by atoms with E-state index in [4.69, 9.17) is 9.26 Å². The normalized spacial score (nSPS) is 18.7. The van der Waals surface area contributed by atoms with Gasteiger partial charge in [-0.1, -0.05) is 12.1 Å². The maximum absolute atomic E-state index is 5.62. The van der Waals surface area contributed by atoms with Gasteiger partial charge in [0.25, 0.3) is 5.89 Å². The summed E-state index contributed by atoms with van der Waals surface area (Å²) in [5, 5.41) is 15.5. The fourth-order valence-electron chi connectivity index (χ4n) is 2.84. The van der Waals surface area contributed by atoms with Gasteiger partial charge in [-0.2, -0.15) is 15.2 Å². The first-order valence-corrected chi connectivity index (χ1v) is 8.27. The van der Waals surface area contributed by atoms with Crippen LogP contribution in [0.2, 0.25) is 0 Å². The maximum atomic E-state index is 5.62. The SMILES string of the molecule is CCc1n[nH]c(CN2CCOC[C@@H]2c2noc(-c3cnn(C)c3)n2)n1. The van der Waals surface area contributed by atoms with Crippen molar-refractivity contribution in [1.29, 1.82) is 0 Å². The Morgan fingerprint density at radius 3 is 3.04 bits per heavy atom. The van der Waals surface area contributed by atoms with Crippen molar-refractivity contribution in [1.82, 2.24) is 40.0 Å². The van der Waals surface area contributed by atoms with E-state index in [0.29, 0.717) is 31.5 Å². The van der Waals surface area contributed by atoms with Gasteiger partial charge in [0.15, 0.2) is 5.82 Å². The number of rotatable bonds is 5. The summed E-state index contributed by atoms with van der Waals surface area (Å²) in [4.78, 5) is 11.2. The number of hydrogen-bond donors (Lipinski definition) is 1. The average molecular weight is 344 g/mol. The summed E-state index contributed by atoms with van der Waals surface area (Å²) < 4.78 is 12.7. The van der Waals surface area contributed by atoms with E-state index in [-0.39, 0.29) is 6.04 Å². The molecule has 25 heavy (non-hydrogen) atoms. The quantitative estimate of drug-likeness (QED) is 0.721. The molecule has 1 aliphatic rings. The molecule has 4 heterocycles. The monoisotopic (exact) mass is 344 g/mol. The molecule has 0 spiro atoms.